The van der Waals surface area contributed by atoms with E-state index < -0.39 is 5.41 Å². The molecule has 1 aliphatic carbocycles. The predicted octanol–water partition coefficient (Wildman–Crippen LogP) is 10.3. The van der Waals surface area contributed by atoms with E-state index in [-0.39, 0.29) is 5.41 Å². The summed E-state index contributed by atoms with van der Waals surface area (Å²) in [7, 11) is 0. The molecule has 0 unspecified atom stereocenters. The zero-order valence-electron chi connectivity index (χ0n) is 23.5. The molecule has 0 N–H and O–H groups in total. The molecule has 0 fully saturated rings. The minimum Gasteiger partial charge on any atom is -0.457 e. The maximum atomic E-state index is 6.49. The van der Waals surface area contributed by atoms with Crippen molar-refractivity contribution in [1.29, 1.82) is 0 Å². The van der Waals surface area contributed by atoms with Gasteiger partial charge in [0.15, 0.2) is 0 Å². The number of hydrogen-bond donors (Lipinski definition) is 0. The summed E-state index contributed by atoms with van der Waals surface area (Å²) in [5.74, 6) is 3.43. The lowest BCUT2D eigenvalue weighted by Crippen LogP contribution is -2.36. The van der Waals surface area contributed by atoms with Crippen molar-refractivity contribution < 1.29 is 9.47 Å². The summed E-state index contributed by atoms with van der Waals surface area (Å²) in [6.07, 6.45) is 0. The quantitative estimate of drug-likeness (QED) is 0.217. The number of rotatable bonds is 2. The summed E-state index contributed by atoms with van der Waals surface area (Å²) >= 11 is 0. The highest BCUT2D eigenvalue weighted by atomic mass is 16.5. The number of ether oxygens (including phenoxy) is 2. The molecule has 2 aliphatic heterocycles. The van der Waals surface area contributed by atoms with Gasteiger partial charge in [-0.2, -0.15) is 0 Å². The fourth-order valence-corrected chi connectivity index (χ4v) is 7.70. The van der Waals surface area contributed by atoms with Gasteiger partial charge in [-0.05, 0) is 69.3 Å². The molecule has 0 saturated heterocycles. The van der Waals surface area contributed by atoms with E-state index in [1.807, 2.05) is 18.2 Å². The smallest absolute Gasteiger partial charge is 0.135 e. The molecular formula is C40H28O2. The van der Waals surface area contributed by atoms with Crippen molar-refractivity contribution in [3.05, 3.63) is 167 Å². The van der Waals surface area contributed by atoms with Crippen molar-refractivity contribution in [3.63, 3.8) is 0 Å². The number of benzene rings is 6. The molecule has 6 aromatic rings. The topological polar surface area (TPSA) is 18.5 Å². The molecular weight excluding hydrogens is 512 g/mol. The minimum absolute atomic E-state index is 0.00542. The zero-order chi connectivity index (χ0) is 28.1. The second kappa shape index (κ2) is 8.24. The predicted molar refractivity (Wildman–Crippen MR) is 168 cm³/mol. The Balaban J connectivity index is 1.25. The van der Waals surface area contributed by atoms with E-state index in [2.05, 4.69) is 129 Å². The molecule has 42 heavy (non-hydrogen) atoms. The third kappa shape index (κ3) is 2.94. The fraction of sp³-hybridized carbons (Fsp3) is 0.100. The largest absolute Gasteiger partial charge is 0.457 e. The normalized spacial score (nSPS) is 15.7. The van der Waals surface area contributed by atoms with Crippen LogP contribution in [0.1, 0.15) is 47.2 Å². The van der Waals surface area contributed by atoms with Gasteiger partial charge in [-0.3, -0.25) is 0 Å². The van der Waals surface area contributed by atoms with Crippen molar-refractivity contribution in [3.8, 4) is 45.3 Å². The average molecular weight is 541 g/mol. The molecule has 0 spiro atoms. The van der Waals surface area contributed by atoms with Gasteiger partial charge < -0.3 is 9.47 Å². The lowest BCUT2D eigenvalue weighted by Gasteiger charge is -2.45. The average Bonchev–Trinajstić information content (AvgIpc) is 3.27. The van der Waals surface area contributed by atoms with E-state index in [1.165, 1.54) is 38.9 Å². The van der Waals surface area contributed by atoms with Crippen LogP contribution in [0.3, 0.4) is 0 Å². The summed E-state index contributed by atoms with van der Waals surface area (Å²) in [5.41, 5.74) is 11.9. The second-order valence-corrected chi connectivity index (χ2v) is 12.1. The van der Waals surface area contributed by atoms with Crippen molar-refractivity contribution in [2.45, 2.75) is 24.7 Å². The molecule has 3 aliphatic rings. The van der Waals surface area contributed by atoms with E-state index in [9.17, 15) is 0 Å². The Kier molecular flexibility index (Phi) is 4.63. The first kappa shape index (κ1) is 23.6. The Morgan fingerprint density at radius 3 is 1.62 bits per heavy atom. The van der Waals surface area contributed by atoms with Gasteiger partial charge in [-0.25, -0.2) is 0 Å². The molecule has 200 valence electrons. The highest BCUT2D eigenvalue weighted by Gasteiger charge is 2.51. The summed E-state index contributed by atoms with van der Waals surface area (Å²) in [6, 6.07) is 47.9. The van der Waals surface area contributed by atoms with Crippen LogP contribution >= 0.6 is 0 Å². The van der Waals surface area contributed by atoms with E-state index >= 15 is 0 Å². The first-order valence-corrected chi connectivity index (χ1v) is 14.6. The van der Waals surface area contributed by atoms with Gasteiger partial charge in [0.05, 0.1) is 11.0 Å². The van der Waals surface area contributed by atoms with Crippen LogP contribution in [0.4, 0.5) is 0 Å². The van der Waals surface area contributed by atoms with Gasteiger partial charge in [0.2, 0.25) is 0 Å². The Bertz CT molecular complexity index is 2000. The van der Waals surface area contributed by atoms with Gasteiger partial charge in [-0.1, -0.05) is 117 Å². The monoisotopic (exact) mass is 540 g/mol. The minimum atomic E-state index is -0.560. The molecule has 2 heterocycles. The van der Waals surface area contributed by atoms with Gasteiger partial charge in [0.25, 0.3) is 0 Å². The molecule has 6 aromatic carbocycles. The maximum absolute atomic E-state index is 6.49. The van der Waals surface area contributed by atoms with Crippen LogP contribution < -0.4 is 9.47 Å². The summed E-state index contributed by atoms with van der Waals surface area (Å²) in [6.45, 7) is 4.66. The van der Waals surface area contributed by atoms with Crippen LogP contribution in [0.25, 0.3) is 22.3 Å². The van der Waals surface area contributed by atoms with Gasteiger partial charge in [-0.15, -0.1) is 0 Å². The molecule has 9 rings (SSSR count). The lowest BCUT2D eigenvalue weighted by molar-refractivity contribution is 0.385. The van der Waals surface area contributed by atoms with Crippen LogP contribution in [0.5, 0.6) is 23.0 Å². The van der Waals surface area contributed by atoms with E-state index in [0.717, 1.165) is 39.7 Å². The Labute approximate surface area is 245 Å². The molecule has 0 radical (unpaired) electrons. The second-order valence-electron chi connectivity index (χ2n) is 12.1. The fourth-order valence-electron chi connectivity index (χ4n) is 7.70. The highest BCUT2D eigenvalue weighted by molar-refractivity contribution is 5.85. The van der Waals surface area contributed by atoms with Crippen LogP contribution in [0.2, 0.25) is 0 Å². The number of fused-ring (bicyclic) bond motifs is 7. The van der Waals surface area contributed by atoms with Crippen LogP contribution in [0, 0.1) is 0 Å². The number of hydrogen-bond acceptors (Lipinski definition) is 2. The third-order valence-electron chi connectivity index (χ3n) is 9.62. The molecule has 0 saturated carbocycles. The highest BCUT2D eigenvalue weighted by Crippen LogP contribution is 2.62. The molecule has 2 heteroatoms. The standard InChI is InChI=1S/C40H28O2/c1-39(2)30-11-4-3-10-28(30)29-24-26(20-23-31(29)39)25-18-21-27(22-19-25)40-32-12-5-7-14-34(32)41-36-16-9-17-37(38(36)40)42-35-15-8-6-13-33(35)40/h3-24H,1-2H3. The first-order chi connectivity index (χ1) is 20.6. The van der Waals surface area contributed by atoms with Crippen molar-refractivity contribution in [1.82, 2.24) is 0 Å². The van der Waals surface area contributed by atoms with E-state index in [0.29, 0.717) is 0 Å². The first-order valence-electron chi connectivity index (χ1n) is 14.6. The van der Waals surface area contributed by atoms with Crippen molar-refractivity contribution in [2.24, 2.45) is 0 Å². The van der Waals surface area contributed by atoms with Crippen molar-refractivity contribution in [2.75, 3.05) is 0 Å². The molecule has 0 atom stereocenters. The SMILES string of the molecule is CC1(C)c2ccccc2-c2cc(-c3ccc(C45c6ccccc6Oc6cccc(c64)Oc4ccccc45)cc3)ccc21. The summed E-state index contributed by atoms with van der Waals surface area (Å²) < 4.78 is 13.0. The molecule has 2 nitrogen and oxygen atoms in total. The third-order valence-corrected chi connectivity index (χ3v) is 9.62. The number of para-hydroxylation sites is 2. The summed E-state index contributed by atoms with van der Waals surface area (Å²) in [4.78, 5) is 0. The molecule has 0 aromatic heterocycles. The summed E-state index contributed by atoms with van der Waals surface area (Å²) in [5, 5.41) is 0. The maximum Gasteiger partial charge on any atom is 0.135 e. The van der Waals surface area contributed by atoms with Crippen molar-refractivity contribution >= 4 is 0 Å². The zero-order valence-corrected chi connectivity index (χ0v) is 23.5. The van der Waals surface area contributed by atoms with Gasteiger partial charge in [0, 0.05) is 16.5 Å². The molecule has 0 amide bonds. The Morgan fingerprint density at radius 2 is 0.952 bits per heavy atom. The van der Waals surface area contributed by atoms with Crippen LogP contribution in [-0.2, 0) is 10.8 Å². The molecule has 0 bridgehead atoms. The Hall–Kier alpha value is -5.08. The van der Waals surface area contributed by atoms with Gasteiger partial charge >= 0.3 is 0 Å². The lowest BCUT2D eigenvalue weighted by atomic mass is 9.62. The van der Waals surface area contributed by atoms with Gasteiger partial charge in [0.1, 0.15) is 23.0 Å². The van der Waals surface area contributed by atoms with Crippen LogP contribution in [-0.4, -0.2) is 0 Å². The van der Waals surface area contributed by atoms with E-state index in [4.69, 9.17) is 9.47 Å². The van der Waals surface area contributed by atoms with E-state index in [1.54, 1.807) is 0 Å². The van der Waals surface area contributed by atoms with Crippen LogP contribution in [0.15, 0.2) is 133 Å². The Morgan fingerprint density at radius 1 is 0.429 bits per heavy atom.